The highest BCUT2D eigenvalue weighted by molar-refractivity contribution is 6.38. The Labute approximate surface area is 219 Å². The average molecular weight is 524 g/mol. The minimum absolute atomic E-state index is 0.00330. The number of ether oxygens (including phenoxy) is 2. The molecule has 3 aliphatic heterocycles. The van der Waals surface area contributed by atoms with Gasteiger partial charge in [0.15, 0.2) is 11.6 Å². The third-order valence-electron chi connectivity index (χ3n) is 6.89. The van der Waals surface area contributed by atoms with Crippen LogP contribution in [0.3, 0.4) is 0 Å². The molecule has 1 saturated heterocycles. The molecule has 200 valence electrons. The van der Waals surface area contributed by atoms with Crippen molar-refractivity contribution in [3.63, 3.8) is 0 Å². The van der Waals surface area contributed by atoms with Crippen LogP contribution in [0.5, 0.6) is 11.5 Å². The van der Waals surface area contributed by atoms with Gasteiger partial charge in [0.1, 0.15) is 29.5 Å². The summed E-state index contributed by atoms with van der Waals surface area (Å²) in [5.74, 6) is 0.270. The minimum Gasteiger partial charge on any atom is -0.497 e. The Morgan fingerprint density at radius 2 is 2.08 bits per heavy atom. The van der Waals surface area contributed by atoms with E-state index in [1.54, 1.807) is 28.1 Å². The number of rotatable bonds is 8. The van der Waals surface area contributed by atoms with Crippen LogP contribution in [0, 0.1) is 5.82 Å². The predicted molar refractivity (Wildman–Crippen MR) is 140 cm³/mol. The second-order valence-electron chi connectivity index (χ2n) is 9.25. The number of hydrogen-bond donors (Lipinski definition) is 1. The Morgan fingerprint density at radius 1 is 1.24 bits per heavy atom. The molecule has 0 bridgehead atoms. The zero-order chi connectivity index (χ0) is 26.8. The van der Waals surface area contributed by atoms with Crippen LogP contribution in [0.25, 0.3) is 0 Å². The highest BCUT2D eigenvalue weighted by Crippen LogP contribution is 2.34. The lowest BCUT2D eigenvalue weighted by Gasteiger charge is -2.40. The van der Waals surface area contributed by atoms with Crippen LogP contribution >= 0.6 is 0 Å². The molecule has 1 fully saturated rings. The fourth-order valence-corrected chi connectivity index (χ4v) is 4.97. The van der Waals surface area contributed by atoms with Crippen molar-refractivity contribution in [1.29, 1.82) is 0 Å². The SMILES string of the molecule is COc1cc(/N=C2\C=CC3N=CC(c4cnn(C)c4)=NC3N2CC2CCC(=O)N2CCO)c(F)c(OC)c1. The molecule has 4 heterocycles. The van der Waals surface area contributed by atoms with Crippen LogP contribution in [0.2, 0.25) is 0 Å². The summed E-state index contributed by atoms with van der Waals surface area (Å²) in [4.78, 5) is 30.5. The molecule has 0 saturated carbocycles. The smallest absolute Gasteiger partial charge is 0.223 e. The van der Waals surface area contributed by atoms with E-state index >= 15 is 4.39 Å². The van der Waals surface area contributed by atoms with Gasteiger partial charge in [-0.15, -0.1) is 0 Å². The Bertz CT molecular complexity index is 1330. The number of likely N-dealkylation sites (tertiary alicyclic amines) is 1. The Kier molecular flexibility index (Phi) is 7.23. The van der Waals surface area contributed by atoms with E-state index in [1.807, 2.05) is 24.2 Å². The number of methoxy groups -OCH3 is 2. The lowest BCUT2D eigenvalue weighted by Crippen LogP contribution is -2.53. The Balaban J connectivity index is 1.57. The second-order valence-corrected chi connectivity index (χ2v) is 9.25. The van der Waals surface area contributed by atoms with Crippen molar-refractivity contribution in [3.05, 3.63) is 48.1 Å². The number of aliphatic hydroxyl groups excluding tert-OH is 1. The largest absolute Gasteiger partial charge is 0.497 e. The van der Waals surface area contributed by atoms with Crippen molar-refractivity contribution < 1.29 is 23.8 Å². The lowest BCUT2D eigenvalue weighted by atomic mass is 10.0. The topological polar surface area (TPSA) is 117 Å². The molecule has 5 rings (SSSR count). The summed E-state index contributed by atoms with van der Waals surface area (Å²) in [5.41, 5.74) is 1.54. The van der Waals surface area contributed by atoms with E-state index in [2.05, 4.69) is 10.1 Å². The van der Waals surface area contributed by atoms with Crippen LogP contribution < -0.4 is 9.47 Å². The Morgan fingerprint density at radius 3 is 2.79 bits per heavy atom. The fourth-order valence-electron chi connectivity index (χ4n) is 4.97. The molecule has 0 radical (unpaired) electrons. The van der Waals surface area contributed by atoms with Crippen molar-refractivity contribution >= 4 is 29.4 Å². The number of nitrogens with zero attached hydrogens (tertiary/aromatic N) is 7. The fraction of sp³-hybridized carbons (Fsp3) is 0.423. The third kappa shape index (κ3) is 4.91. The van der Waals surface area contributed by atoms with Crippen molar-refractivity contribution in [1.82, 2.24) is 19.6 Å². The summed E-state index contributed by atoms with van der Waals surface area (Å²) >= 11 is 0. The van der Waals surface area contributed by atoms with E-state index < -0.39 is 12.0 Å². The molecule has 2 aromatic rings. The normalized spacial score (nSPS) is 23.7. The van der Waals surface area contributed by atoms with Gasteiger partial charge in [-0.05, 0) is 12.5 Å². The summed E-state index contributed by atoms with van der Waals surface area (Å²) in [5, 5.41) is 13.8. The first kappa shape index (κ1) is 25.6. The molecule has 1 aromatic carbocycles. The molecule has 3 unspecified atom stereocenters. The number of amides is 1. The van der Waals surface area contributed by atoms with Gasteiger partial charge < -0.3 is 24.4 Å². The number of amidine groups is 1. The number of aryl methyl sites for hydroxylation is 1. The van der Waals surface area contributed by atoms with Crippen LogP contribution in [-0.2, 0) is 11.8 Å². The van der Waals surface area contributed by atoms with Crippen LogP contribution in [-0.4, -0.2) is 101 Å². The summed E-state index contributed by atoms with van der Waals surface area (Å²) in [6, 6.07) is 2.51. The minimum atomic E-state index is -0.615. The molecule has 11 nitrogen and oxygen atoms in total. The van der Waals surface area contributed by atoms with E-state index in [0.717, 1.165) is 5.56 Å². The van der Waals surface area contributed by atoms with Crippen LogP contribution in [0.15, 0.2) is 51.7 Å². The first-order valence-corrected chi connectivity index (χ1v) is 12.4. The standard InChI is InChI=1S/C26H30FN7O4/c1-32-14-16(12-29-32)21-13-28-19-5-6-23(30-20-10-18(37-2)11-22(38-3)25(20)27)34(26(19)31-21)15-17-4-7-24(36)33(17)8-9-35/h5-6,10-14,17,19,26,35H,4,7-9,15H2,1-3H3/b30-23+. The van der Waals surface area contributed by atoms with Crippen molar-refractivity contribution in [2.24, 2.45) is 22.0 Å². The summed E-state index contributed by atoms with van der Waals surface area (Å²) in [7, 11) is 4.70. The predicted octanol–water partition coefficient (Wildman–Crippen LogP) is 1.73. The van der Waals surface area contributed by atoms with Gasteiger partial charge in [0, 0.05) is 62.7 Å². The number of carbonyl (C=O) groups is 1. The number of β-amino-alcohol motifs (C(OH)–C–C–N with tert-alkyl or cyclic N) is 1. The number of fused-ring (bicyclic) bond motifs is 1. The van der Waals surface area contributed by atoms with Crippen molar-refractivity contribution in [2.45, 2.75) is 31.1 Å². The van der Waals surface area contributed by atoms with Gasteiger partial charge in [0.2, 0.25) is 5.91 Å². The summed E-state index contributed by atoms with van der Waals surface area (Å²) in [6.07, 6.45) is 9.56. The monoisotopic (exact) mass is 523 g/mol. The molecule has 12 heteroatoms. The number of hydrogen-bond acceptors (Lipinski definition) is 8. The van der Waals surface area contributed by atoms with E-state index in [9.17, 15) is 9.90 Å². The van der Waals surface area contributed by atoms with Gasteiger partial charge >= 0.3 is 0 Å². The number of carbonyl (C=O) groups excluding carboxylic acids is 1. The van der Waals surface area contributed by atoms with E-state index in [-0.39, 0.29) is 42.6 Å². The highest BCUT2D eigenvalue weighted by Gasteiger charge is 2.38. The second kappa shape index (κ2) is 10.7. The molecule has 1 N–H and O–H groups in total. The van der Waals surface area contributed by atoms with Crippen molar-refractivity contribution in [2.75, 3.05) is 33.9 Å². The van der Waals surface area contributed by atoms with Crippen LogP contribution in [0.1, 0.15) is 18.4 Å². The molecule has 1 aromatic heterocycles. The molecule has 3 aliphatic rings. The maximum Gasteiger partial charge on any atom is 0.223 e. The number of benzene rings is 1. The molecule has 38 heavy (non-hydrogen) atoms. The molecule has 0 spiro atoms. The molecule has 1 amide bonds. The van der Waals surface area contributed by atoms with Gasteiger partial charge in [-0.25, -0.2) is 9.38 Å². The molecular weight excluding hydrogens is 493 g/mol. The van der Waals surface area contributed by atoms with Gasteiger partial charge in [0.05, 0.1) is 32.7 Å². The van der Waals surface area contributed by atoms with E-state index in [1.165, 1.54) is 26.4 Å². The maximum absolute atomic E-state index is 15.2. The van der Waals surface area contributed by atoms with E-state index in [0.29, 0.717) is 36.7 Å². The number of aliphatic hydroxyl groups is 1. The molecule has 3 atom stereocenters. The quantitative estimate of drug-likeness (QED) is 0.563. The number of aromatic nitrogens is 2. The summed E-state index contributed by atoms with van der Waals surface area (Å²) < 4.78 is 27.4. The van der Waals surface area contributed by atoms with Crippen LogP contribution in [0.4, 0.5) is 10.1 Å². The van der Waals surface area contributed by atoms with E-state index in [4.69, 9.17) is 19.5 Å². The zero-order valence-electron chi connectivity index (χ0n) is 21.5. The average Bonchev–Trinajstić information content (AvgIpc) is 3.51. The van der Waals surface area contributed by atoms with Gasteiger partial charge in [-0.3, -0.25) is 19.5 Å². The lowest BCUT2D eigenvalue weighted by molar-refractivity contribution is -0.129. The van der Waals surface area contributed by atoms with Gasteiger partial charge in [-0.1, -0.05) is 6.08 Å². The van der Waals surface area contributed by atoms with Gasteiger partial charge in [-0.2, -0.15) is 5.10 Å². The molecular formula is C26H30FN7O4. The van der Waals surface area contributed by atoms with Gasteiger partial charge in [0.25, 0.3) is 0 Å². The first-order valence-electron chi connectivity index (χ1n) is 12.4. The Hall–Kier alpha value is -4.06. The first-order chi connectivity index (χ1) is 18.4. The number of halogens is 1. The summed E-state index contributed by atoms with van der Waals surface area (Å²) in [6.45, 7) is 0.507. The maximum atomic E-state index is 15.2. The number of aliphatic imine (C=N–C) groups is 3. The third-order valence-corrected chi connectivity index (χ3v) is 6.89. The molecule has 0 aliphatic carbocycles. The highest BCUT2D eigenvalue weighted by atomic mass is 19.1. The van der Waals surface area contributed by atoms with Crippen molar-refractivity contribution in [3.8, 4) is 11.5 Å². The zero-order valence-corrected chi connectivity index (χ0v) is 21.5.